The minimum absolute atomic E-state index is 0.134. The Hall–Kier alpha value is -4.50. The van der Waals surface area contributed by atoms with Crippen molar-refractivity contribution < 1.29 is 9.13 Å². The number of likely N-dealkylation sites (N-methyl/N-ethyl adjacent to an activating group) is 1. The smallest absolute Gasteiger partial charge is 0.213 e. The fourth-order valence-electron chi connectivity index (χ4n) is 6.53. The van der Waals surface area contributed by atoms with E-state index >= 15 is 0 Å². The number of nitrogens with zero attached hydrogens (tertiary/aromatic N) is 3. The van der Waals surface area contributed by atoms with Crippen LogP contribution >= 0.6 is 0 Å². The number of anilines is 1. The molecule has 3 aromatic carbocycles. The van der Waals surface area contributed by atoms with Crippen LogP contribution in [0.25, 0.3) is 34.0 Å². The van der Waals surface area contributed by atoms with Crippen molar-refractivity contribution in [3.63, 3.8) is 0 Å². The van der Waals surface area contributed by atoms with E-state index in [0.29, 0.717) is 0 Å². The van der Waals surface area contributed by atoms with Gasteiger partial charge < -0.3 is 4.90 Å². The highest BCUT2D eigenvalue weighted by Crippen LogP contribution is 2.33. The molecule has 0 N–H and O–H groups in total. The molecule has 2 aromatic heterocycles. The number of fused-ring (bicyclic) bond motifs is 3. The van der Waals surface area contributed by atoms with Crippen LogP contribution in [0.15, 0.2) is 127 Å². The predicted octanol–water partition coefficient (Wildman–Crippen LogP) is 8.31. The lowest BCUT2D eigenvalue weighted by Gasteiger charge is -2.30. The molecule has 1 aliphatic rings. The molecule has 2 atom stereocenters. The molecular formula is C38H39N3+2. The summed E-state index contributed by atoms with van der Waals surface area (Å²) in [6.07, 6.45) is 11.6. The highest BCUT2D eigenvalue weighted by Gasteiger charge is 2.30. The van der Waals surface area contributed by atoms with Gasteiger partial charge in [0.1, 0.15) is 6.54 Å². The van der Waals surface area contributed by atoms with Crippen molar-refractivity contribution in [1.82, 2.24) is 0 Å². The van der Waals surface area contributed by atoms with E-state index in [1.54, 1.807) is 0 Å². The van der Waals surface area contributed by atoms with Crippen molar-refractivity contribution in [2.75, 3.05) is 11.4 Å². The number of hydrogen-bond donors (Lipinski definition) is 0. The quantitative estimate of drug-likeness (QED) is 0.190. The van der Waals surface area contributed by atoms with E-state index in [0.717, 1.165) is 13.1 Å². The van der Waals surface area contributed by atoms with Crippen LogP contribution in [-0.4, -0.2) is 6.54 Å². The molecule has 6 rings (SSSR count). The highest BCUT2D eigenvalue weighted by molar-refractivity contribution is 5.77. The zero-order chi connectivity index (χ0) is 28.3. The minimum Gasteiger partial charge on any atom is -0.342 e. The first-order valence-electron chi connectivity index (χ1n) is 14.8. The van der Waals surface area contributed by atoms with Gasteiger partial charge in [-0.05, 0) is 62.7 Å². The summed E-state index contributed by atoms with van der Waals surface area (Å²) in [5.41, 5.74) is 8.88. The number of allylic oxidation sites excluding steroid dienone is 3. The van der Waals surface area contributed by atoms with Crippen LogP contribution in [-0.2, 0) is 6.54 Å². The summed E-state index contributed by atoms with van der Waals surface area (Å²) in [5, 5.41) is 2.52. The fourth-order valence-corrected chi connectivity index (χ4v) is 6.53. The molecular weight excluding hydrogens is 498 g/mol. The van der Waals surface area contributed by atoms with Crippen LogP contribution in [0.1, 0.15) is 45.0 Å². The van der Waals surface area contributed by atoms with Gasteiger partial charge in [0.05, 0.1) is 0 Å². The zero-order valence-electron chi connectivity index (χ0n) is 24.5. The lowest BCUT2D eigenvalue weighted by atomic mass is 9.91. The number of aryl methyl sites for hydroxylation is 1. The molecule has 41 heavy (non-hydrogen) atoms. The fraction of sp³-hybridized carbons (Fsp3) is 0.211. The summed E-state index contributed by atoms with van der Waals surface area (Å²) < 4.78 is 4.89. The molecule has 0 amide bonds. The van der Waals surface area contributed by atoms with Crippen LogP contribution < -0.4 is 14.0 Å². The van der Waals surface area contributed by atoms with E-state index in [4.69, 9.17) is 0 Å². The number of para-hydroxylation sites is 3. The predicted molar refractivity (Wildman–Crippen MR) is 172 cm³/mol. The number of pyridine rings is 2. The second-order valence-electron chi connectivity index (χ2n) is 11.0. The van der Waals surface area contributed by atoms with Crippen molar-refractivity contribution >= 4 is 39.6 Å². The maximum absolute atomic E-state index is 2.47. The van der Waals surface area contributed by atoms with Crippen molar-refractivity contribution in [3.05, 3.63) is 138 Å². The van der Waals surface area contributed by atoms with E-state index in [-0.39, 0.29) is 12.0 Å². The topological polar surface area (TPSA) is 11.0 Å². The molecule has 3 nitrogen and oxygen atoms in total. The monoisotopic (exact) mass is 537 g/mol. The molecule has 0 spiro atoms. The van der Waals surface area contributed by atoms with Gasteiger partial charge in [-0.1, -0.05) is 61.5 Å². The normalized spacial score (nSPS) is 15.9. The molecule has 3 heterocycles. The zero-order valence-corrected chi connectivity index (χ0v) is 24.5. The molecule has 5 aromatic rings. The molecule has 204 valence electrons. The van der Waals surface area contributed by atoms with Crippen LogP contribution in [0.4, 0.5) is 5.69 Å². The summed E-state index contributed by atoms with van der Waals surface area (Å²) >= 11 is 0. The standard InChI is InChI=1S/C38H39N3/c1-5-39-33(23-21-31-15-8-10-18-35(31)39)26-28(3)38(41-25-13-17-30-14-7-12-20-37(30)41)29(4)27-34-24-22-32-16-9-11-19-36(32)40(34)6-2/h7-28,38H,5-6H2,1-4H3/q+2/b29-27+,33-26-. The number of hydrogen-bond acceptors (Lipinski definition) is 1. The summed E-state index contributed by atoms with van der Waals surface area (Å²) in [4.78, 5) is 2.43. The Morgan fingerprint density at radius 1 is 0.780 bits per heavy atom. The molecule has 3 heteroatoms. The number of aromatic nitrogens is 2. The van der Waals surface area contributed by atoms with Crippen molar-refractivity contribution in [2.45, 2.75) is 40.3 Å². The molecule has 0 aliphatic carbocycles. The van der Waals surface area contributed by atoms with Gasteiger partial charge in [0.25, 0.3) is 0 Å². The van der Waals surface area contributed by atoms with Gasteiger partial charge in [-0.25, -0.2) is 0 Å². The second kappa shape index (κ2) is 11.5. The molecule has 0 radical (unpaired) electrons. The third-order valence-electron chi connectivity index (χ3n) is 8.39. The Bertz CT molecular complexity index is 1800. The lowest BCUT2D eigenvalue weighted by Crippen LogP contribution is -2.44. The number of benzene rings is 3. The third kappa shape index (κ3) is 5.09. The van der Waals surface area contributed by atoms with Gasteiger partial charge in [0.15, 0.2) is 12.2 Å². The number of rotatable bonds is 7. The van der Waals surface area contributed by atoms with E-state index in [2.05, 4.69) is 169 Å². The SMILES string of the molecule is CCN1/C(=C\C(C)C(/C(C)=C/c2ccc3ccccc3[n+]2CC)[n+]2cccc3ccccc32)C=Cc2ccccc21. The van der Waals surface area contributed by atoms with Gasteiger partial charge in [-0.2, -0.15) is 9.13 Å². The lowest BCUT2D eigenvalue weighted by molar-refractivity contribution is -0.694. The van der Waals surface area contributed by atoms with Crippen LogP contribution in [0.5, 0.6) is 0 Å². The van der Waals surface area contributed by atoms with Crippen LogP contribution in [0.3, 0.4) is 0 Å². The van der Waals surface area contributed by atoms with Gasteiger partial charge in [-0.15, -0.1) is 0 Å². The Labute approximate surface area is 244 Å². The molecule has 0 bridgehead atoms. The molecule has 2 unspecified atom stereocenters. The van der Waals surface area contributed by atoms with E-state index in [1.807, 2.05) is 0 Å². The van der Waals surface area contributed by atoms with Crippen LogP contribution in [0, 0.1) is 5.92 Å². The van der Waals surface area contributed by atoms with Gasteiger partial charge in [-0.3, -0.25) is 0 Å². The summed E-state index contributed by atoms with van der Waals surface area (Å²) in [5.74, 6) is 0.233. The minimum atomic E-state index is 0.134. The summed E-state index contributed by atoms with van der Waals surface area (Å²) in [7, 11) is 0. The largest absolute Gasteiger partial charge is 0.342 e. The molecule has 1 aliphatic heterocycles. The first kappa shape index (κ1) is 26.7. The average Bonchev–Trinajstić information content (AvgIpc) is 3.01. The van der Waals surface area contributed by atoms with Gasteiger partial charge >= 0.3 is 0 Å². The summed E-state index contributed by atoms with van der Waals surface area (Å²) in [6.45, 7) is 11.0. The van der Waals surface area contributed by atoms with Crippen molar-refractivity contribution in [2.24, 2.45) is 5.92 Å². The molecule has 0 fully saturated rings. The summed E-state index contributed by atoms with van der Waals surface area (Å²) in [6, 6.07) is 35.1. The Morgan fingerprint density at radius 2 is 1.46 bits per heavy atom. The second-order valence-corrected chi connectivity index (χ2v) is 11.0. The van der Waals surface area contributed by atoms with Crippen molar-refractivity contribution in [3.8, 4) is 0 Å². The Kier molecular flexibility index (Phi) is 7.52. The van der Waals surface area contributed by atoms with Crippen LogP contribution in [0.2, 0.25) is 0 Å². The van der Waals surface area contributed by atoms with E-state index < -0.39 is 0 Å². The van der Waals surface area contributed by atoms with Gasteiger partial charge in [0.2, 0.25) is 16.7 Å². The van der Waals surface area contributed by atoms with E-state index in [9.17, 15) is 0 Å². The Morgan fingerprint density at radius 3 is 2.24 bits per heavy atom. The molecule has 0 saturated carbocycles. The van der Waals surface area contributed by atoms with Gasteiger partial charge in [0, 0.05) is 70.5 Å². The highest BCUT2D eigenvalue weighted by atomic mass is 15.1. The van der Waals surface area contributed by atoms with Crippen molar-refractivity contribution in [1.29, 1.82) is 0 Å². The Balaban J connectivity index is 1.49. The first-order chi connectivity index (χ1) is 20.1. The average molecular weight is 538 g/mol. The van der Waals surface area contributed by atoms with E-state index in [1.165, 1.54) is 50.0 Å². The maximum Gasteiger partial charge on any atom is 0.213 e. The first-order valence-corrected chi connectivity index (χ1v) is 14.8. The third-order valence-corrected chi connectivity index (χ3v) is 8.39. The molecule has 0 saturated heterocycles. The maximum atomic E-state index is 2.47.